The van der Waals surface area contributed by atoms with Gasteiger partial charge in [0.2, 0.25) is 0 Å². The first kappa shape index (κ1) is 24.9. The SMILES string of the molecule is CC[C@@H]1CN(c2nc(=O)n(C)c3ccc(C#N)nc23)[C@@H](C)CN1[C@H](c1ccc(Cl)cc1)c1ccccn1. The highest BCUT2D eigenvalue weighted by Gasteiger charge is 2.38. The third-order valence-electron chi connectivity index (χ3n) is 7.16. The fraction of sp³-hybridized carbons (Fsp3) is 0.321. The first-order chi connectivity index (χ1) is 17.9. The van der Waals surface area contributed by atoms with Crippen LogP contribution in [0.25, 0.3) is 11.0 Å². The Hall–Kier alpha value is -3.80. The smallest absolute Gasteiger partial charge is 0.349 e. The summed E-state index contributed by atoms with van der Waals surface area (Å²) >= 11 is 6.21. The first-order valence-corrected chi connectivity index (χ1v) is 12.8. The molecule has 1 aliphatic heterocycles. The second kappa shape index (κ2) is 10.3. The third-order valence-corrected chi connectivity index (χ3v) is 7.41. The number of benzene rings is 1. The van der Waals surface area contributed by atoms with Gasteiger partial charge < -0.3 is 4.90 Å². The zero-order valence-corrected chi connectivity index (χ0v) is 21.8. The zero-order chi connectivity index (χ0) is 26.1. The molecule has 37 heavy (non-hydrogen) atoms. The molecule has 0 radical (unpaired) electrons. The van der Waals surface area contributed by atoms with Crippen LogP contribution < -0.4 is 10.6 Å². The number of hydrogen-bond acceptors (Lipinski definition) is 7. The van der Waals surface area contributed by atoms with Crippen LogP contribution in [-0.4, -0.2) is 49.6 Å². The normalized spacial score (nSPS) is 19.1. The monoisotopic (exact) mass is 513 g/mol. The standard InChI is InChI=1S/C28H28ClN7O/c1-4-22-17-35(27-25-24(34(3)28(37)33-27)13-12-21(15-30)32-25)18(2)16-36(22)26(23-7-5-6-14-31-23)19-8-10-20(29)11-9-19/h5-14,18,22,26H,4,16-17H2,1-3H3/t18-,22+,26+/m0/s1. The summed E-state index contributed by atoms with van der Waals surface area (Å²) in [5, 5.41) is 10.1. The summed E-state index contributed by atoms with van der Waals surface area (Å²) in [4.78, 5) is 31.1. The van der Waals surface area contributed by atoms with E-state index >= 15 is 0 Å². The Balaban J connectivity index is 1.58. The van der Waals surface area contributed by atoms with Crippen LogP contribution in [0.15, 0.2) is 65.6 Å². The van der Waals surface area contributed by atoms with Gasteiger partial charge >= 0.3 is 5.69 Å². The molecule has 3 atom stereocenters. The molecule has 1 saturated heterocycles. The third kappa shape index (κ3) is 4.68. The lowest BCUT2D eigenvalue weighted by molar-refractivity contribution is 0.113. The lowest BCUT2D eigenvalue weighted by Crippen LogP contribution is -2.58. The Kier molecular flexibility index (Phi) is 6.92. The number of anilines is 1. The maximum absolute atomic E-state index is 12.8. The Bertz CT molecular complexity index is 1510. The van der Waals surface area contributed by atoms with E-state index in [9.17, 15) is 10.1 Å². The quantitative estimate of drug-likeness (QED) is 0.392. The van der Waals surface area contributed by atoms with E-state index in [1.165, 1.54) is 4.57 Å². The number of pyridine rings is 2. The molecule has 0 aliphatic carbocycles. The van der Waals surface area contributed by atoms with Gasteiger partial charge in [-0.05, 0) is 55.3 Å². The molecule has 0 spiro atoms. The van der Waals surface area contributed by atoms with E-state index in [0.29, 0.717) is 34.1 Å². The summed E-state index contributed by atoms with van der Waals surface area (Å²) in [6, 6.07) is 19.6. The molecule has 0 saturated carbocycles. The van der Waals surface area contributed by atoms with E-state index < -0.39 is 0 Å². The summed E-state index contributed by atoms with van der Waals surface area (Å²) in [6.07, 6.45) is 2.72. The molecule has 0 amide bonds. The average molecular weight is 514 g/mol. The molecule has 9 heteroatoms. The van der Waals surface area contributed by atoms with Crippen LogP contribution in [0.4, 0.5) is 5.82 Å². The minimum absolute atomic E-state index is 0.0247. The predicted octanol–water partition coefficient (Wildman–Crippen LogP) is 4.33. The number of aromatic nitrogens is 4. The van der Waals surface area contributed by atoms with Crippen LogP contribution in [-0.2, 0) is 7.05 Å². The first-order valence-electron chi connectivity index (χ1n) is 12.4. The number of piperazine rings is 1. The second-order valence-corrected chi connectivity index (χ2v) is 9.86. The molecule has 4 heterocycles. The van der Waals surface area contributed by atoms with Crippen molar-refractivity contribution >= 4 is 28.5 Å². The molecule has 0 N–H and O–H groups in total. The Labute approximate surface area is 220 Å². The minimum atomic E-state index is -0.343. The molecule has 3 aromatic heterocycles. The number of halogens is 1. The number of rotatable bonds is 5. The van der Waals surface area contributed by atoms with Crippen LogP contribution in [0.1, 0.15) is 43.3 Å². The van der Waals surface area contributed by atoms with Gasteiger partial charge in [0.1, 0.15) is 17.3 Å². The molecule has 1 aliphatic rings. The lowest BCUT2D eigenvalue weighted by Gasteiger charge is -2.48. The molecule has 4 aromatic rings. The number of hydrogen-bond donors (Lipinski definition) is 0. The maximum atomic E-state index is 12.8. The van der Waals surface area contributed by atoms with Crippen LogP contribution in [0, 0.1) is 11.3 Å². The van der Waals surface area contributed by atoms with Gasteiger partial charge in [0.05, 0.1) is 17.3 Å². The minimum Gasteiger partial charge on any atom is -0.349 e. The van der Waals surface area contributed by atoms with Gasteiger partial charge in [0, 0.05) is 43.4 Å². The summed E-state index contributed by atoms with van der Waals surface area (Å²) in [6.45, 7) is 5.68. The number of fused-ring (bicyclic) bond motifs is 1. The van der Waals surface area contributed by atoms with Crippen molar-refractivity contribution in [3.63, 3.8) is 0 Å². The Morgan fingerprint density at radius 2 is 1.89 bits per heavy atom. The fourth-order valence-electron chi connectivity index (χ4n) is 5.23. The molecule has 0 bridgehead atoms. The highest BCUT2D eigenvalue weighted by molar-refractivity contribution is 6.30. The highest BCUT2D eigenvalue weighted by Crippen LogP contribution is 2.35. The van der Waals surface area contributed by atoms with E-state index in [1.807, 2.05) is 30.5 Å². The summed E-state index contributed by atoms with van der Waals surface area (Å²) in [5.41, 5.74) is 3.27. The van der Waals surface area contributed by atoms with Crippen molar-refractivity contribution in [2.24, 2.45) is 7.05 Å². The van der Waals surface area contributed by atoms with E-state index in [2.05, 4.69) is 57.9 Å². The Morgan fingerprint density at radius 1 is 1.11 bits per heavy atom. The van der Waals surface area contributed by atoms with Gasteiger partial charge in [-0.15, -0.1) is 0 Å². The van der Waals surface area contributed by atoms with Gasteiger partial charge in [-0.25, -0.2) is 9.78 Å². The van der Waals surface area contributed by atoms with E-state index in [4.69, 9.17) is 16.6 Å². The van der Waals surface area contributed by atoms with E-state index in [0.717, 1.165) is 24.2 Å². The second-order valence-electron chi connectivity index (χ2n) is 9.42. The Morgan fingerprint density at radius 3 is 2.57 bits per heavy atom. The van der Waals surface area contributed by atoms with Gasteiger partial charge in [-0.1, -0.05) is 36.7 Å². The lowest BCUT2D eigenvalue weighted by atomic mass is 9.95. The van der Waals surface area contributed by atoms with Gasteiger partial charge in [-0.2, -0.15) is 10.2 Å². The average Bonchev–Trinajstić information content (AvgIpc) is 2.92. The molecule has 0 unspecified atom stereocenters. The summed E-state index contributed by atoms with van der Waals surface area (Å²) in [5.74, 6) is 0.529. The highest BCUT2D eigenvalue weighted by atomic mass is 35.5. The molecular weight excluding hydrogens is 486 g/mol. The topological polar surface area (TPSA) is 90.9 Å². The largest absolute Gasteiger partial charge is 0.349 e. The zero-order valence-electron chi connectivity index (χ0n) is 21.0. The van der Waals surface area contributed by atoms with Crippen LogP contribution in [0.2, 0.25) is 5.02 Å². The van der Waals surface area contributed by atoms with Crippen molar-refractivity contribution in [1.29, 1.82) is 5.26 Å². The molecule has 1 fully saturated rings. The molecule has 188 valence electrons. The van der Waals surface area contributed by atoms with Crippen molar-refractivity contribution in [2.45, 2.75) is 38.4 Å². The molecule has 5 rings (SSSR count). The summed E-state index contributed by atoms with van der Waals surface area (Å²) < 4.78 is 1.48. The van der Waals surface area contributed by atoms with Gasteiger partial charge in [0.25, 0.3) is 0 Å². The van der Waals surface area contributed by atoms with Crippen molar-refractivity contribution in [2.75, 3.05) is 18.0 Å². The van der Waals surface area contributed by atoms with Gasteiger partial charge in [0.15, 0.2) is 5.82 Å². The predicted molar refractivity (Wildman–Crippen MR) is 145 cm³/mol. The van der Waals surface area contributed by atoms with Crippen molar-refractivity contribution in [3.8, 4) is 6.07 Å². The number of aryl methyl sites for hydroxylation is 1. The molecule has 8 nitrogen and oxygen atoms in total. The number of nitriles is 1. The van der Waals surface area contributed by atoms with E-state index in [1.54, 1.807) is 19.2 Å². The maximum Gasteiger partial charge on any atom is 0.349 e. The summed E-state index contributed by atoms with van der Waals surface area (Å²) in [7, 11) is 1.68. The number of nitrogens with zero attached hydrogens (tertiary/aromatic N) is 7. The molecular formula is C28H28ClN7O. The van der Waals surface area contributed by atoms with Crippen LogP contribution in [0.3, 0.4) is 0 Å². The molecule has 1 aromatic carbocycles. The van der Waals surface area contributed by atoms with Crippen LogP contribution >= 0.6 is 11.6 Å². The van der Waals surface area contributed by atoms with Gasteiger partial charge in [-0.3, -0.25) is 14.5 Å². The van der Waals surface area contributed by atoms with Crippen LogP contribution in [0.5, 0.6) is 0 Å². The van der Waals surface area contributed by atoms with E-state index in [-0.39, 0.29) is 23.8 Å². The van der Waals surface area contributed by atoms with Crippen molar-refractivity contribution in [3.05, 3.63) is 93.3 Å². The fourth-order valence-corrected chi connectivity index (χ4v) is 5.35. The van der Waals surface area contributed by atoms with Crippen molar-refractivity contribution < 1.29 is 0 Å². The van der Waals surface area contributed by atoms with Crippen molar-refractivity contribution in [1.82, 2.24) is 24.4 Å².